The second kappa shape index (κ2) is 5.38. The average Bonchev–Trinajstić information content (AvgIpc) is 3.16. The Labute approximate surface area is 147 Å². The highest BCUT2D eigenvalue weighted by Crippen LogP contribution is 2.45. The number of ether oxygens (including phenoxy) is 1. The van der Waals surface area contributed by atoms with Gasteiger partial charge in [-0.3, -0.25) is 19.7 Å². The van der Waals surface area contributed by atoms with E-state index >= 15 is 0 Å². The summed E-state index contributed by atoms with van der Waals surface area (Å²) < 4.78 is 5.86. The Morgan fingerprint density at radius 1 is 1.27 bits per heavy atom. The van der Waals surface area contributed by atoms with Crippen molar-refractivity contribution in [3.8, 4) is 0 Å². The summed E-state index contributed by atoms with van der Waals surface area (Å²) in [4.78, 5) is 35.3. The first kappa shape index (κ1) is 15.8. The number of fused-ring (bicyclic) bond motifs is 2. The molecule has 0 unspecified atom stereocenters. The molecule has 0 radical (unpaired) electrons. The standard InChI is InChI=1S/C17H12N4O5/c1-10(22)20-17(13-7-2-3-8-14(13)18-16(17)23)26-15(19-20)11-5-4-6-12(9-11)21(24)25/h2-9H,1H3,(H,18,23)/t17-/m1/s1. The lowest BCUT2D eigenvalue weighted by atomic mass is 10.0. The zero-order valence-electron chi connectivity index (χ0n) is 13.5. The summed E-state index contributed by atoms with van der Waals surface area (Å²) in [5.41, 5.74) is -0.661. The van der Waals surface area contributed by atoms with E-state index in [4.69, 9.17) is 4.74 Å². The molecule has 1 atom stereocenters. The minimum atomic E-state index is -1.76. The van der Waals surface area contributed by atoms with Crippen LogP contribution in [-0.2, 0) is 20.1 Å². The number of carbonyl (C=O) groups excluding carboxylic acids is 2. The number of rotatable bonds is 2. The molecule has 2 amide bonds. The summed E-state index contributed by atoms with van der Waals surface area (Å²) in [6, 6.07) is 12.4. The molecule has 0 aliphatic carbocycles. The van der Waals surface area contributed by atoms with Crippen LogP contribution in [-0.4, -0.2) is 27.6 Å². The fraction of sp³-hybridized carbons (Fsp3) is 0.118. The predicted octanol–water partition coefficient (Wildman–Crippen LogP) is 1.94. The normalized spacial score (nSPS) is 20.4. The molecule has 0 aromatic heterocycles. The van der Waals surface area contributed by atoms with Crippen molar-refractivity contribution in [1.82, 2.24) is 5.01 Å². The van der Waals surface area contributed by atoms with Crippen molar-refractivity contribution in [3.05, 3.63) is 69.8 Å². The van der Waals surface area contributed by atoms with Gasteiger partial charge in [0.05, 0.1) is 16.2 Å². The van der Waals surface area contributed by atoms with Crippen LogP contribution in [0.2, 0.25) is 0 Å². The third-order valence-electron chi connectivity index (χ3n) is 4.18. The van der Waals surface area contributed by atoms with E-state index < -0.39 is 22.5 Å². The fourth-order valence-electron chi connectivity index (χ4n) is 3.05. The van der Waals surface area contributed by atoms with E-state index in [2.05, 4.69) is 10.4 Å². The number of hydrogen-bond acceptors (Lipinski definition) is 6. The predicted molar refractivity (Wildman–Crippen MR) is 90.0 cm³/mol. The second-order valence-electron chi connectivity index (χ2n) is 5.79. The van der Waals surface area contributed by atoms with Gasteiger partial charge in [0.15, 0.2) is 0 Å². The van der Waals surface area contributed by atoms with E-state index in [0.29, 0.717) is 16.8 Å². The maximum atomic E-state index is 12.7. The number of non-ortho nitro benzene ring substituents is 1. The molecule has 0 fully saturated rings. The number of anilines is 1. The molecule has 2 heterocycles. The van der Waals surface area contributed by atoms with Crippen LogP contribution in [0.1, 0.15) is 18.1 Å². The van der Waals surface area contributed by atoms with Gasteiger partial charge in [-0.15, -0.1) is 5.10 Å². The van der Waals surface area contributed by atoms with Gasteiger partial charge < -0.3 is 10.1 Å². The van der Waals surface area contributed by atoms with Crippen LogP contribution in [0.25, 0.3) is 0 Å². The fourth-order valence-corrected chi connectivity index (χ4v) is 3.05. The summed E-state index contributed by atoms with van der Waals surface area (Å²) in [5, 5.41) is 18.8. The lowest BCUT2D eigenvalue weighted by molar-refractivity contribution is -0.384. The number of amides is 2. The van der Waals surface area contributed by atoms with Gasteiger partial charge in [-0.25, -0.2) is 0 Å². The first-order valence-corrected chi connectivity index (χ1v) is 7.67. The summed E-state index contributed by atoms with van der Waals surface area (Å²) in [6.07, 6.45) is 0. The van der Waals surface area contributed by atoms with Crippen molar-refractivity contribution in [2.24, 2.45) is 5.10 Å². The molecule has 2 aliphatic rings. The average molecular weight is 352 g/mol. The second-order valence-corrected chi connectivity index (χ2v) is 5.79. The Morgan fingerprint density at radius 3 is 2.77 bits per heavy atom. The maximum Gasteiger partial charge on any atom is 0.314 e. The van der Waals surface area contributed by atoms with Crippen molar-refractivity contribution in [2.45, 2.75) is 12.6 Å². The Kier molecular flexibility index (Phi) is 3.26. The van der Waals surface area contributed by atoms with E-state index in [1.54, 1.807) is 30.3 Å². The molecule has 1 N–H and O–H groups in total. The third-order valence-corrected chi connectivity index (χ3v) is 4.18. The van der Waals surface area contributed by atoms with Crippen molar-refractivity contribution >= 4 is 29.1 Å². The van der Waals surface area contributed by atoms with Gasteiger partial charge in [-0.1, -0.05) is 24.3 Å². The number of nitro benzene ring substituents is 1. The molecule has 0 saturated carbocycles. The molecule has 9 heteroatoms. The van der Waals surface area contributed by atoms with Crippen LogP contribution in [0.4, 0.5) is 11.4 Å². The van der Waals surface area contributed by atoms with Gasteiger partial charge in [0.25, 0.3) is 11.6 Å². The largest absolute Gasteiger partial charge is 0.433 e. The summed E-state index contributed by atoms with van der Waals surface area (Å²) in [5.74, 6) is -1.11. The monoisotopic (exact) mass is 352 g/mol. The van der Waals surface area contributed by atoms with Crippen LogP contribution in [0, 0.1) is 10.1 Å². The molecular formula is C17H12N4O5. The number of hydrazone groups is 1. The summed E-state index contributed by atoms with van der Waals surface area (Å²) in [6.45, 7) is 1.26. The van der Waals surface area contributed by atoms with E-state index in [1.807, 2.05) is 0 Å². The highest BCUT2D eigenvalue weighted by atomic mass is 16.6. The topological polar surface area (TPSA) is 114 Å². The number of para-hydroxylation sites is 1. The van der Waals surface area contributed by atoms with Crippen molar-refractivity contribution in [3.63, 3.8) is 0 Å². The highest BCUT2D eigenvalue weighted by Gasteiger charge is 2.59. The van der Waals surface area contributed by atoms with Gasteiger partial charge in [-0.2, -0.15) is 5.01 Å². The Balaban J connectivity index is 1.84. The van der Waals surface area contributed by atoms with Gasteiger partial charge in [0.1, 0.15) is 0 Å². The Hall–Kier alpha value is -3.75. The molecule has 2 aromatic carbocycles. The van der Waals surface area contributed by atoms with Crippen LogP contribution in [0.15, 0.2) is 53.6 Å². The molecule has 9 nitrogen and oxygen atoms in total. The smallest absolute Gasteiger partial charge is 0.314 e. The number of nitro groups is 1. The molecular weight excluding hydrogens is 340 g/mol. The molecule has 0 saturated heterocycles. The van der Waals surface area contributed by atoms with Gasteiger partial charge in [-0.05, 0) is 12.1 Å². The number of benzene rings is 2. The van der Waals surface area contributed by atoms with Gasteiger partial charge >= 0.3 is 5.72 Å². The third kappa shape index (κ3) is 2.07. The van der Waals surface area contributed by atoms with Crippen LogP contribution >= 0.6 is 0 Å². The zero-order valence-corrected chi connectivity index (χ0v) is 13.5. The molecule has 1 spiro atoms. The molecule has 4 rings (SSSR count). The number of carbonyl (C=O) groups is 2. The lowest BCUT2D eigenvalue weighted by Crippen LogP contribution is -2.49. The molecule has 0 bridgehead atoms. The van der Waals surface area contributed by atoms with E-state index in [1.165, 1.54) is 25.1 Å². The quantitative estimate of drug-likeness (QED) is 0.655. The summed E-state index contributed by atoms with van der Waals surface area (Å²) in [7, 11) is 0. The Morgan fingerprint density at radius 2 is 2.04 bits per heavy atom. The zero-order chi connectivity index (χ0) is 18.5. The van der Waals surface area contributed by atoms with E-state index in [0.717, 1.165) is 5.01 Å². The van der Waals surface area contributed by atoms with Gasteiger partial charge in [0, 0.05) is 24.6 Å². The number of nitrogens with one attached hydrogen (secondary N) is 1. The molecule has 2 aliphatic heterocycles. The van der Waals surface area contributed by atoms with Crippen molar-refractivity contribution in [1.29, 1.82) is 0 Å². The first-order chi connectivity index (χ1) is 12.4. The van der Waals surface area contributed by atoms with E-state index in [9.17, 15) is 19.7 Å². The minimum absolute atomic E-state index is 0.0456. The van der Waals surface area contributed by atoms with Crippen LogP contribution in [0.5, 0.6) is 0 Å². The van der Waals surface area contributed by atoms with Gasteiger partial charge in [0.2, 0.25) is 11.8 Å². The molecule has 26 heavy (non-hydrogen) atoms. The molecule has 130 valence electrons. The van der Waals surface area contributed by atoms with E-state index in [-0.39, 0.29) is 11.6 Å². The number of hydrogen-bond donors (Lipinski definition) is 1. The first-order valence-electron chi connectivity index (χ1n) is 7.67. The minimum Gasteiger partial charge on any atom is -0.433 e. The maximum absolute atomic E-state index is 12.7. The van der Waals surface area contributed by atoms with Crippen LogP contribution < -0.4 is 5.32 Å². The molecule has 2 aromatic rings. The highest BCUT2D eigenvalue weighted by molar-refractivity contribution is 6.10. The Bertz CT molecular complexity index is 1000. The number of nitrogens with zero attached hydrogens (tertiary/aromatic N) is 3. The lowest BCUT2D eigenvalue weighted by Gasteiger charge is -2.28. The van der Waals surface area contributed by atoms with Crippen molar-refractivity contribution < 1.29 is 19.2 Å². The SMILES string of the molecule is CC(=O)N1N=C(c2cccc([N+](=O)[O-])c2)O[C@]12C(=O)Nc1ccccc12. The summed E-state index contributed by atoms with van der Waals surface area (Å²) >= 11 is 0. The van der Waals surface area contributed by atoms with Crippen molar-refractivity contribution in [2.75, 3.05) is 5.32 Å². The van der Waals surface area contributed by atoms with Crippen LogP contribution in [0.3, 0.4) is 0 Å².